The molecule has 16 heteroatoms. The molecule has 2 aromatic rings. The molecule has 1 aliphatic carbocycles. The van der Waals surface area contributed by atoms with Crippen LogP contribution in [-0.4, -0.2) is 80.9 Å². The van der Waals surface area contributed by atoms with Gasteiger partial charge in [0.15, 0.2) is 0 Å². The van der Waals surface area contributed by atoms with Crippen molar-refractivity contribution < 1.29 is 55.6 Å². The van der Waals surface area contributed by atoms with E-state index in [0.717, 1.165) is 25.3 Å². The highest BCUT2D eigenvalue weighted by Gasteiger charge is 2.45. The molecule has 1 aliphatic heterocycles. The number of anilines is 1. The molecule has 3 atom stereocenters. The van der Waals surface area contributed by atoms with Gasteiger partial charge in [-0.25, -0.2) is 24.5 Å². The molecule has 2 fully saturated rings. The van der Waals surface area contributed by atoms with Gasteiger partial charge >= 0.3 is 24.3 Å². The van der Waals surface area contributed by atoms with Crippen LogP contribution < -0.4 is 9.64 Å². The van der Waals surface area contributed by atoms with Crippen LogP contribution in [0, 0.1) is 0 Å². The van der Waals surface area contributed by atoms with E-state index in [0.29, 0.717) is 12.5 Å². The lowest BCUT2D eigenvalue weighted by atomic mass is 10.1. The molecule has 0 aromatic carbocycles. The molecule has 1 saturated carbocycles. The van der Waals surface area contributed by atoms with Crippen molar-refractivity contribution in [3.63, 3.8) is 0 Å². The summed E-state index contributed by atoms with van der Waals surface area (Å²) in [6, 6.07) is 7.80. The molecule has 1 saturated heterocycles. The molecular weight excluding hydrogens is 506 g/mol. The van der Waals surface area contributed by atoms with Gasteiger partial charge in [-0.1, -0.05) is 6.07 Å². The van der Waals surface area contributed by atoms with Crippen molar-refractivity contribution in [1.82, 2.24) is 15.0 Å². The largest absolute Gasteiger partial charge is 0.490 e. The second-order valence-corrected chi connectivity index (χ2v) is 7.15. The minimum absolute atomic E-state index is 0.0337. The second-order valence-electron chi connectivity index (χ2n) is 7.15. The van der Waals surface area contributed by atoms with Gasteiger partial charge in [-0.15, -0.1) is 0 Å². The lowest BCUT2D eigenvalue weighted by Gasteiger charge is -2.38. The molecule has 0 amide bonds. The maximum Gasteiger partial charge on any atom is 0.490 e. The number of morpholine rings is 1. The Bertz CT molecular complexity index is 956. The summed E-state index contributed by atoms with van der Waals surface area (Å²) in [7, 11) is 0. The number of aliphatic carboxylic acids is 2. The Morgan fingerprint density at radius 2 is 1.47 bits per heavy atom. The number of alkyl halides is 6. The predicted octanol–water partition coefficient (Wildman–Crippen LogP) is 2.95. The highest BCUT2D eigenvalue weighted by molar-refractivity contribution is 5.73. The van der Waals surface area contributed by atoms with E-state index in [1.807, 2.05) is 24.3 Å². The number of carboxylic acid groups (broad SMARTS) is 2. The fourth-order valence-electron chi connectivity index (χ4n) is 3.30. The smallest absolute Gasteiger partial charge is 0.475 e. The molecule has 4 rings (SSSR count). The molecule has 2 N–H and O–H groups in total. The van der Waals surface area contributed by atoms with E-state index in [1.165, 1.54) is 0 Å². The van der Waals surface area contributed by atoms with Crippen LogP contribution in [0.1, 0.15) is 12.8 Å². The van der Waals surface area contributed by atoms with Crippen LogP contribution >= 0.6 is 0 Å². The minimum atomic E-state index is -5.08. The van der Waals surface area contributed by atoms with Gasteiger partial charge in [0, 0.05) is 31.2 Å². The fourth-order valence-corrected chi connectivity index (χ4v) is 3.30. The molecule has 3 heterocycles. The maximum atomic E-state index is 10.6. The number of carbonyl (C=O) groups is 2. The number of pyridine rings is 1. The van der Waals surface area contributed by atoms with Crippen LogP contribution in [0.3, 0.4) is 0 Å². The number of halogens is 6. The van der Waals surface area contributed by atoms with Crippen molar-refractivity contribution >= 4 is 17.9 Å². The molecule has 2 aromatic heterocycles. The summed E-state index contributed by atoms with van der Waals surface area (Å²) in [5.41, 5.74) is 0. The molecule has 0 spiro atoms. The Kier molecular flexibility index (Phi) is 9.77. The van der Waals surface area contributed by atoms with Gasteiger partial charge < -0.3 is 24.6 Å². The van der Waals surface area contributed by atoms with Gasteiger partial charge in [-0.3, -0.25) is 0 Å². The molecule has 0 radical (unpaired) electrons. The number of fused-ring (bicyclic) bond motifs is 1. The molecule has 10 nitrogen and oxygen atoms in total. The number of rotatable bonds is 3. The van der Waals surface area contributed by atoms with E-state index in [2.05, 4.69) is 19.9 Å². The zero-order chi connectivity index (χ0) is 26.9. The Hall–Kier alpha value is -3.69. The summed E-state index contributed by atoms with van der Waals surface area (Å²) >= 11 is 0. The van der Waals surface area contributed by atoms with Crippen molar-refractivity contribution in [2.45, 2.75) is 43.4 Å². The maximum absolute atomic E-state index is 10.6. The molecule has 2 aliphatic rings. The standard InChI is InChI=1S/C16H18N4O2.2C2HF3O2/c1-2-7-17-14(4-1)22-13-6-5-12-15(13)21-11-10-20(12)16-18-8-3-9-19-16;2*3-2(4,5)1(6)7/h1-4,7-9,12-13,15H,5-6,10-11H2;2*(H,6,7)/t12-,13+,15+;;/m0../s1. The van der Waals surface area contributed by atoms with E-state index in [-0.39, 0.29) is 18.2 Å². The number of carboxylic acids is 2. The van der Waals surface area contributed by atoms with Gasteiger partial charge in [0.1, 0.15) is 12.2 Å². The van der Waals surface area contributed by atoms with E-state index in [9.17, 15) is 26.3 Å². The van der Waals surface area contributed by atoms with Crippen LogP contribution in [0.15, 0.2) is 42.9 Å². The Balaban J connectivity index is 0.000000271. The predicted molar refractivity (Wildman–Crippen MR) is 108 cm³/mol. The van der Waals surface area contributed by atoms with Gasteiger partial charge in [-0.2, -0.15) is 26.3 Å². The van der Waals surface area contributed by atoms with Crippen molar-refractivity contribution in [1.29, 1.82) is 0 Å². The van der Waals surface area contributed by atoms with Crippen molar-refractivity contribution in [3.8, 4) is 5.88 Å². The van der Waals surface area contributed by atoms with Crippen LogP contribution in [0.25, 0.3) is 0 Å². The SMILES string of the molecule is O=C(O)C(F)(F)F.O=C(O)C(F)(F)F.c1ccc(O[C@@H]2CC[C@H]3[C@H]2OCCN3c2ncccn2)nc1. The van der Waals surface area contributed by atoms with Gasteiger partial charge in [0.25, 0.3) is 0 Å². The lowest BCUT2D eigenvalue weighted by Crippen LogP contribution is -2.53. The summed E-state index contributed by atoms with van der Waals surface area (Å²) in [5.74, 6) is -4.08. The molecule has 36 heavy (non-hydrogen) atoms. The van der Waals surface area contributed by atoms with Crippen LogP contribution in [-0.2, 0) is 14.3 Å². The summed E-state index contributed by atoms with van der Waals surface area (Å²) in [6.07, 6.45) is -2.82. The zero-order valence-electron chi connectivity index (χ0n) is 18.2. The summed E-state index contributed by atoms with van der Waals surface area (Å²) in [6.45, 7) is 1.49. The quantitative estimate of drug-likeness (QED) is 0.575. The van der Waals surface area contributed by atoms with Crippen molar-refractivity contribution in [3.05, 3.63) is 42.9 Å². The number of nitrogens with zero attached hydrogens (tertiary/aromatic N) is 4. The first-order valence-corrected chi connectivity index (χ1v) is 10.1. The highest BCUT2D eigenvalue weighted by Crippen LogP contribution is 2.34. The topological polar surface area (TPSA) is 135 Å². The summed E-state index contributed by atoms with van der Waals surface area (Å²) in [5, 5.41) is 14.2. The third-order valence-corrected chi connectivity index (χ3v) is 4.74. The first-order valence-electron chi connectivity index (χ1n) is 10.1. The minimum Gasteiger partial charge on any atom is -0.475 e. The van der Waals surface area contributed by atoms with Crippen LogP contribution in [0.2, 0.25) is 0 Å². The molecular formula is C20H20F6N4O6. The van der Waals surface area contributed by atoms with Gasteiger partial charge in [0.05, 0.1) is 12.6 Å². The van der Waals surface area contributed by atoms with Gasteiger partial charge in [-0.05, 0) is 25.0 Å². The second kappa shape index (κ2) is 12.3. The first kappa shape index (κ1) is 28.5. The van der Waals surface area contributed by atoms with E-state index in [1.54, 1.807) is 18.6 Å². The highest BCUT2D eigenvalue weighted by atomic mass is 19.4. The molecule has 0 bridgehead atoms. The molecule has 198 valence electrons. The zero-order valence-corrected chi connectivity index (χ0v) is 18.2. The number of hydrogen-bond donors (Lipinski definition) is 2. The average molecular weight is 526 g/mol. The number of ether oxygens (including phenoxy) is 2. The van der Waals surface area contributed by atoms with Gasteiger partial charge in [0.2, 0.25) is 11.8 Å². The normalized spacial score (nSPS) is 21.2. The third-order valence-electron chi connectivity index (χ3n) is 4.74. The Morgan fingerprint density at radius 3 is 1.97 bits per heavy atom. The number of hydrogen-bond acceptors (Lipinski definition) is 8. The third kappa shape index (κ3) is 8.51. The summed E-state index contributed by atoms with van der Waals surface area (Å²) in [4.78, 5) is 33.0. The van der Waals surface area contributed by atoms with E-state index >= 15 is 0 Å². The first-order chi connectivity index (χ1) is 16.8. The Labute approximate surface area is 199 Å². The van der Waals surface area contributed by atoms with Crippen LogP contribution in [0.5, 0.6) is 5.88 Å². The molecule has 0 unspecified atom stereocenters. The average Bonchev–Trinajstić information content (AvgIpc) is 3.23. The fraction of sp³-hybridized carbons (Fsp3) is 0.450. The van der Waals surface area contributed by atoms with Crippen molar-refractivity contribution in [2.75, 3.05) is 18.1 Å². The monoisotopic (exact) mass is 526 g/mol. The summed E-state index contributed by atoms with van der Waals surface area (Å²) < 4.78 is 75.5. The number of aromatic nitrogens is 3. The lowest BCUT2D eigenvalue weighted by molar-refractivity contribution is -0.193. The van der Waals surface area contributed by atoms with Crippen molar-refractivity contribution in [2.24, 2.45) is 0 Å². The van der Waals surface area contributed by atoms with E-state index < -0.39 is 24.3 Å². The Morgan fingerprint density at radius 1 is 0.917 bits per heavy atom. The van der Waals surface area contributed by atoms with Crippen LogP contribution in [0.4, 0.5) is 32.3 Å². The van der Waals surface area contributed by atoms with E-state index in [4.69, 9.17) is 29.3 Å².